The number of rotatable bonds is 6. The van der Waals surface area contributed by atoms with E-state index < -0.39 is 11.5 Å². The van der Waals surface area contributed by atoms with E-state index in [4.69, 9.17) is 10.5 Å². The van der Waals surface area contributed by atoms with Crippen LogP contribution in [0.4, 0.5) is 0 Å². The third-order valence-corrected chi connectivity index (χ3v) is 4.60. The molecule has 0 aromatic rings. The molecule has 0 saturated heterocycles. The summed E-state index contributed by atoms with van der Waals surface area (Å²) in [7, 11) is 1.35. The molecule has 1 atom stereocenters. The van der Waals surface area contributed by atoms with E-state index in [0.29, 0.717) is 24.8 Å². The van der Waals surface area contributed by atoms with Crippen LogP contribution in [0.25, 0.3) is 0 Å². The topological polar surface area (TPSA) is 81.4 Å². The Bertz CT molecular complexity index is 361. The van der Waals surface area contributed by atoms with Crippen LogP contribution in [0.3, 0.4) is 0 Å². The maximum absolute atomic E-state index is 12.7. The summed E-state index contributed by atoms with van der Waals surface area (Å²) >= 11 is 0. The van der Waals surface area contributed by atoms with Gasteiger partial charge in [-0.1, -0.05) is 20.8 Å². The Morgan fingerprint density at radius 3 is 2.33 bits per heavy atom. The molecule has 1 rings (SSSR count). The summed E-state index contributed by atoms with van der Waals surface area (Å²) < 4.78 is 4.80. The molecule has 0 aromatic heterocycles. The fraction of sp³-hybridized carbons (Fsp3) is 0.875. The molecule has 0 spiro atoms. The highest BCUT2D eigenvalue weighted by Gasteiger charge is 2.41. The standard InChI is InChI=1S/C16H30N2O3/c1-11(2)9-13(14(19)21-4)18-15(20)16(10-17)7-5-12(3)6-8-16/h11-13H,5-10,17H2,1-4H3,(H,18,20)/t12?,13-,16?/m0/s1. The van der Waals surface area contributed by atoms with Crippen molar-refractivity contribution in [1.82, 2.24) is 5.32 Å². The maximum Gasteiger partial charge on any atom is 0.328 e. The smallest absolute Gasteiger partial charge is 0.328 e. The van der Waals surface area contributed by atoms with Crippen molar-refractivity contribution < 1.29 is 14.3 Å². The van der Waals surface area contributed by atoms with Gasteiger partial charge in [-0.3, -0.25) is 4.79 Å². The average molecular weight is 298 g/mol. The number of ether oxygens (including phenoxy) is 1. The zero-order valence-corrected chi connectivity index (χ0v) is 13.8. The number of hydrogen-bond donors (Lipinski definition) is 2. The molecule has 122 valence electrons. The molecule has 0 aromatic carbocycles. The van der Waals surface area contributed by atoms with Gasteiger partial charge in [0, 0.05) is 6.54 Å². The van der Waals surface area contributed by atoms with E-state index in [1.807, 2.05) is 13.8 Å². The summed E-state index contributed by atoms with van der Waals surface area (Å²) in [6.45, 7) is 6.57. The van der Waals surface area contributed by atoms with Crippen LogP contribution in [0.5, 0.6) is 0 Å². The van der Waals surface area contributed by atoms with Crippen molar-refractivity contribution in [1.29, 1.82) is 0 Å². The second kappa shape index (κ2) is 7.78. The van der Waals surface area contributed by atoms with E-state index in [9.17, 15) is 9.59 Å². The fourth-order valence-electron chi connectivity index (χ4n) is 2.98. The van der Waals surface area contributed by atoms with Crippen molar-refractivity contribution in [2.75, 3.05) is 13.7 Å². The zero-order valence-electron chi connectivity index (χ0n) is 13.8. The normalized spacial score (nSPS) is 27.2. The quantitative estimate of drug-likeness (QED) is 0.733. The van der Waals surface area contributed by atoms with Gasteiger partial charge in [0.25, 0.3) is 0 Å². The first-order valence-electron chi connectivity index (χ1n) is 7.93. The molecule has 1 aliphatic carbocycles. The largest absolute Gasteiger partial charge is 0.467 e. The maximum atomic E-state index is 12.7. The second-order valence-corrected chi connectivity index (χ2v) is 6.85. The van der Waals surface area contributed by atoms with Crippen LogP contribution in [0.2, 0.25) is 0 Å². The average Bonchev–Trinajstić information content (AvgIpc) is 2.46. The Kier molecular flexibility index (Phi) is 6.65. The molecule has 0 aliphatic heterocycles. The number of esters is 1. The number of amides is 1. The van der Waals surface area contributed by atoms with Gasteiger partial charge >= 0.3 is 5.97 Å². The van der Waals surface area contributed by atoms with Crippen molar-refractivity contribution in [2.45, 2.75) is 58.9 Å². The molecule has 21 heavy (non-hydrogen) atoms. The highest BCUT2D eigenvalue weighted by Crippen LogP contribution is 2.38. The molecule has 0 radical (unpaired) electrons. The summed E-state index contributed by atoms with van der Waals surface area (Å²) in [6, 6.07) is -0.578. The van der Waals surface area contributed by atoms with E-state index >= 15 is 0 Å². The van der Waals surface area contributed by atoms with Gasteiger partial charge < -0.3 is 15.8 Å². The Balaban J connectivity index is 2.76. The van der Waals surface area contributed by atoms with Crippen LogP contribution < -0.4 is 11.1 Å². The second-order valence-electron chi connectivity index (χ2n) is 6.85. The monoisotopic (exact) mass is 298 g/mol. The highest BCUT2D eigenvalue weighted by molar-refractivity contribution is 5.88. The van der Waals surface area contributed by atoms with Crippen LogP contribution >= 0.6 is 0 Å². The van der Waals surface area contributed by atoms with Crippen molar-refractivity contribution in [3.05, 3.63) is 0 Å². The molecule has 5 nitrogen and oxygen atoms in total. The molecule has 1 amide bonds. The predicted octanol–water partition coefficient (Wildman–Crippen LogP) is 1.85. The summed E-state index contributed by atoms with van der Waals surface area (Å²) in [5, 5.41) is 2.88. The molecule has 5 heteroatoms. The first-order chi connectivity index (χ1) is 9.84. The van der Waals surface area contributed by atoms with Gasteiger partial charge in [-0.25, -0.2) is 4.79 Å². The van der Waals surface area contributed by atoms with Crippen LogP contribution in [0, 0.1) is 17.3 Å². The Hall–Kier alpha value is -1.10. The first kappa shape index (κ1) is 18.0. The van der Waals surface area contributed by atoms with Crippen molar-refractivity contribution >= 4 is 11.9 Å². The van der Waals surface area contributed by atoms with Crippen LogP contribution in [0.1, 0.15) is 52.9 Å². The van der Waals surface area contributed by atoms with Gasteiger partial charge in [-0.2, -0.15) is 0 Å². The molecule has 1 aliphatic rings. The Morgan fingerprint density at radius 2 is 1.90 bits per heavy atom. The van der Waals surface area contributed by atoms with Gasteiger partial charge in [-0.05, 0) is 43.9 Å². The molecule has 0 unspecified atom stereocenters. The minimum atomic E-state index is -0.578. The summed E-state index contributed by atoms with van der Waals surface area (Å²) in [5.41, 5.74) is 5.38. The number of nitrogens with two attached hydrogens (primary N) is 1. The predicted molar refractivity (Wildman–Crippen MR) is 82.5 cm³/mol. The van der Waals surface area contributed by atoms with Crippen molar-refractivity contribution in [3.63, 3.8) is 0 Å². The van der Waals surface area contributed by atoms with E-state index in [1.165, 1.54) is 7.11 Å². The Labute approximate surface area is 128 Å². The number of carbonyl (C=O) groups is 2. The van der Waals surface area contributed by atoms with Crippen LogP contribution in [-0.2, 0) is 14.3 Å². The lowest BCUT2D eigenvalue weighted by atomic mass is 9.70. The lowest BCUT2D eigenvalue weighted by Crippen LogP contribution is -2.53. The van der Waals surface area contributed by atoms with Gasteiger partial charge in [0.1, 0.15) is 6.04 Å². The van der Waals surface area contributed by atoms with E-state index in [1.54, 1.807) is 0 Å². The number of nitrogens with one attached hydrogen (secondary N) is 1. The number of hydrogen-bond acceptors (Lipinski definition) is 4. The summed E-state index contributed by atoms with van der Waals surface area (Å²) in [5.74, 6) is 0.473. The third kappa shape index (κ3) is 4.70. The van der Waals surface area contributed by atoms with Gasteiger partial charge in [0.05, 0.1) is 12.5 Å². The first-order valence-corrected chi connectivity index (χ1v) is 7.93. The zero-order chi connectivity index (χ0) is 16.0. The lowest BCUT2D eigenvalue weighted by Gasteiger charge is -2.38. The molecular weight excluding hydrogens is 268 g/mol. The number of methoxy groups -OCH3 is 1. The van der Waals surface area contributed by atoms with Crippen LogP contribution in [-0.4, -0.2) is 31.6 Å². The molecule has 1 saturated carbocycles. The molecular formula is C16H30N2O3. The summed E-state index contributed by atoms with van der Waals surface area (Å²) in [6.07, 6.45) is 4.20. The van der Waals surface area contributed by atoms with Gasteiger partial charge in [0.2, 0.25) is 5.91 Å². The van der Waals surface area contributed by atoms with Gasteiger partial charge in [0.15, 0.2) is 0 Å². The summed E-state index contributed by atoms with van der Waals surface area (Å²) in [4.78, 5) is 24.5. The molecule has 0 heterocycles. The van der Waals surface area contributed by atoms with E-state index in [-0.39, 0.29) is 11.9 Å². The van der Waals surface area contributed by atoms with Crippen molar-refractivity contribution in [2.24, 2.45) is 23.0 Å². The molecule has 0 bridgehead atoms. The van der Waals surface area contributed by atoms with E-state index in [0.717, 1.165) is 25.7 Å². The molecule has 3 N–H and O–H groups in total. The Morgan fingerprint density at radius 1 is 1.33 bits per heavy atom. The third-order valence-electron chi connectivity index (χ3n) is 4.60. The van der Waals surface area contributed by atoms with Crippen LogP contribution in [0.15, 0.2) is 0 Å². The van der Waals surface area contributed by atoms with Gasteiger partial charge in [-0.15, -0.1) is 0 Å². The number of carbonyl (C=O) groups excluding carboxylic acids is 2. The fourth-order valence-corrected chi connectivity index (χ4v) is 2.98. The van der Waals surface area contributed by atoms with E-state index in [2.05, 4.69) is 12.2 Å². The highest BCUT2D eigenvalue weighted by atomic mass is 16.5. The minimum Gasteiger partial charge on any atom is -0.467 e. The minimum absolute atomic E-state index is 0.0899. The SMILES string of the molecule is COC(=O)[C@H](CC(C)C)NC(=O)C1(CN)CCC(C)CC1. The molecule has 1 fully saturated rings. The van der Waals surface area contributed by atoms with Crippen molar-refractivity contribution in [3.8, 4) is 0 Å². The lowest BCUT2D eigenvalue weighted by molar-refractivity contribution is -0.147.